The van der Waals surface area contributed by atoms with Crippen molar-refractivity contribution in [3.8, 4) is 0 Å². The predicted molar refractivity (Wildman–Crippen MR) is 80.7 cm³/mol. The Kier molecular flexibility index (Phi) is 5.18. The molecule has 1 aromatic carbocycles. The van der Waals surface area contributed by atoms with Crippen LogP contribution >= 0.6 is 0 Å². The standard InChI is InChI=1S/C17H25NO2/c1-3-4-5-14-6-8-15(9-7-14)17(20)18-11-10-13(2)16(19)12-18/h6-9,13,16,19H,3-5,10-12H2,1-2H3. The van der Waals surface area contributed by atoms with Gasteiger partial charge in [0.05, 0.1) is 6.10 Å². The number of likely N-dealkylation sites (tertiary alicyclic amines) is 1. The van der Waals surface area contributed by atoms with Crippen LogP contribution in [0.15, 0.2) is 24.3 Å². The van der Waals surface area contributed by atoms with Crippen molar-refractivity contribution in [3.05, 3.63) is 35.4 Å². The molecule has 1 aliphatic rings. The molecule has 1 aliphatic heterocycles. The van der Waals surface area contributed by atoms with Gasteiger partial charge in [0.1, 0.15) is 0 Å². The highest BCUT2D eigenvalue weighted by Gasteiger charge is 2.27. The maximum absolute atomic E-state index is 12.4. The highest BCUT2D eigenvalue weighted by atomic mass is 16.3. The average molecular weight is 275 g/mol. The quantitative estimate of drug-likeness (QED) is 0.918. The number of aryl methyl sites for hydroxylation is 1. The van der Waals surface area contributed by atoms with Crippen LogP contribution < -0.4 is 0 Å². The van der Waals surface area contributed by atoms with Crippen LogP contribution in [0.3, 0.4) is 0 Å². The van der Waals surface area contributed by atoms with Crippen LogP contribution in [0, 0.1) is 5.92 Å². The smallest absolute Gasteiger partial charge is 0.253 e. The summed E-state index contributed by atoms with van der Waals surface area (Å²) in [6.07, 6.45) is 3.93. The van der Waals surface area contributed by atoms with Crippen LogP contribution in [0.4, 0.5) is 0 Å². The highest BCUT2D eigenvalue weighted by Crippen LogP contribution is 2.19. The molecular weight excluding hydrogens is 250 g/mol. The van der Waals surface area contributed by atoms with Gasteiger partial charge in [-0.15, -0.1) is 0 Å². The Hall–Kier alpha value is -1.35. The van der Waals surface area contributed by atoms with Gasteiger partial charge in [0, 0.05) is 18.7 Å². The molecular formula is C17H25NO2. The van der Waals surface area contributed by atoms with Gasteiger partial charge in [0.15, 0.2) is 0 Å². The summed E-state index contributed by atoms with van der Waals surface area (Å²) < 4.78 is 0. The lowest BCUT2D eigenvalue weighted by atomic mass is 9.95. The largest absolute Gasteiger partial charge is 0.391 e. The Morgan fingerprint density at radius 3 is 2.65 bits per heavy atom. The second kappa shape index (κ2) is 6.89. The molecule has 110 valence electrons. The molecule has 1 aromatic rings. The van der Waals surface area contributed by atoms with E-state index in [0.717, 1.165) is 24.9 Å². The van der Waals surface area contributed by atoms with Crippen molar-refractivity contribution < 1.29 is 9.90 Å². The van der Waals surface area contributed by atoms with Crippen molar-refractivity contribution in [2.24, 2.45) is 5.92 Å². The number of piperidine rings is 1. The first-order valence-electron chi connectivity index (χ1n) is 7.68. The molecule has 0 aliphatic carbocycles. The summed E-state index contributed by atoms with van der Waals surface area (Å²) in [5.74, 6) is 0.327. The zero-order valence-corrected chi connectivity index (χ0v) is 12.5. The van der Waals surface area contributed by atoms with Gasteiger partial charge in [-0.2, -0.15) is 0 Å². The maximum atomic E-state index is 12.4. The van der Waals surface area contributed by atoms with Crippen molar-refractivity contribution in [2.75, 3.05) is 13.1 Å². The molecule has 1 N–H and O–H groups in total. The van der Waals surface area contributed by atoms with Crippen molar-refractivity contribution in [3.63, 3.8) is 0 Å². The number of carbonyl (C=O) groups is 1. The molecule has 2 unspecified atom stereocenters. The minimum Gasteiger partial charge on any atom is -0.391 e. The Bertz CT molecular complexity index is 441. The molecule has 1 heterocycles. The van der Waals surface area contributed by atoms with E-state index in [2.05, 4.69) is 6.92 Å². The van der Waals surface area contributed by atoms with Gasteiger partial charge in [0.25, 0.3) is 5.91 Å². The number of nitrogens with zero attached hydrogens (tertiary/aromatic N) is 1. The fourth-order valence-corrected chi connectivity index (χ4v) is 2.61. The molecule has 0 spiro atoms. The van der Waals surface area contributed by atoms with Gasteiger partial charge in [0.2, 0.25) is 0 Å². The van der Waals surface area contributed by atoms with Gasteiger partial charge in [-0.3, -0.25) is 4.79 Å². The molecule has 2 atom stereocenters. The summed E-state index contributed by atoms with van der Waals surface area (Å²) in [5, 5.41) is 9.89. The summed E-state index contributed by atoms with van der Waals surface area (Å²) >= 11 is 0. The van der Waals surface area contributed by atoms with E-state index in [9.17, 15) is 9.90 Å². The molecule has 0 aromatic heterocycles. The zero-order chi connectivity index (χ0) is 14.5. The number of benzene rings is 1. The summed E-state index contributed by atoms with van der Waals surface area (Å²) in [4.78, 5) is 14.2. The van der Waals surface area contributed by atoms with E-state index >= 15 is 0 Å². The number of amides is 1. The molecule has 0 radical (unpaired) electrons. The number of rotatable bonds is 4. The fourth-order valence-electron chi connectivity index (χ4n) is 2.61. The number of aliphatic hydroxyl groups is 1. The highest BCUT2D eigenvalue weighted by molar-refractivity contribution is 5.94. The second-order valence-electron chi connectivity index (χ2n) is 5.88. The molecule has 0 bridgehead atoms. The van der Waals surface area contributed by atoms with Crippen LogP contribution in [-0.4, -0.2) is 35.1 Å². The molecule has 3 nitrogen and oxygen atoms in total. The third-order valence-corrected chi connectivity index (χ3v) is 4.23. The van der Waals surface area contributed by atoms with Gasteiger partial charge < -0.3 is 10.0 Å². The first-order valence-corrected chi connectivity index (χ1v) is 7.68. The van der Waals surface area contributed by atoms with Gasteiger partial charge >= 0.3 is 0 Å². The molecule has 1 amide bonds. The van der Waals surface area contributed by atoms with E-state index in [1.54, 1.807) is 4.90 Å². The number of hydrogen-bond donors (Lipinski definition) is 1. The topological polar surface area (TPSA) is 40.5 Å². The first kappa shape index (κ1) is 15.0. The minimum atomic E-state index is -0.392. The summed E-state index contributed by atoms with van der Waals surface area (Å²) in [5.41, 5.74) is 2.02. The fraction of sp³-hybridized carbons (Fsp3) is 0.588. The van der Waals surface area contributed by atoms with E-state index in [4.69, 9.17) is 0 Å². The zero-order valence-electron chi connectivity index (χ0n) is 12.5. The van der Waals surface area contributed by atoms with Crippen LogP contribution in [-0.2, 0) is 6.42 Å². The minimum absolute atomic E-state index is 0.0398. The van der Waals surface area contributed by atoms with E-state index in [-0.39, 0.29) is 11.8 Å². The Morgan fingerprint density at radius 1 is 1.35 bits per heavy atom. The van der Waals surface area contributed by atoms with Crippen molar-refractivity contribution in [1.29, 1.82) is 0 Å². The van der Waals surface area contributed by atoms with Gasteiger partial charge in [-0.1, -0.05) is 32.4 Å². The van der Waals surface area contributed by atoms with Crippen LogP contribution in [0.25, 0.3) is 0 Å². The second-order valence-corrected chi connectivity index (χ2v) is 5.88. The molecule has 3 heteroatoms. The van der Waals surface area contributed by atoms with Crippen LogP contribution in [0.2, 0.25) is 0 Å². The summed E-state index contributed by atoms with van der Waals surface area (Å²) in [6.45, 7) is 5.42. The van der Waals surface area contributed by atoms with E-state index < -0.39 is 6.10 Å². The average Bonchev–Trinajstić information content (AvgIpc) is 2.48. The first-order chi connectivity index (χ1) is 9.61. The third-order valence-electron chi connectivity index (χ3n) is 4.23. The van der Waals surface area contributed by atoms with E-state index in [0.29, 0.717) is 6.54 Å². The van der Waals surface area contributed by atoms with E-state index in [1.807, 2.05) is 31.2 Å². The maximum Gasteiger partial charge on any atom is 0.253 e. The normalized spacial score (nSPS) is 22.9. The number of carbonyl (C=O) groups excluding carboxylic acids is 1. The molecule has 0 saturated carbocycles. The molecule has 1 fully saturated rings. The number of β-amino-alcohol motifs (C(OH)–C–C–N with tert-alkyl or cyclic N) is 1. The van der Waals surface area contributed by atoms with Crippen molar-refractivity contribution in [2.45, 2.75) is 45.6 Å². The van der Waals surface area contributed by atoms with Crippen LogP contribution in [0.1, 0.15) is 49.0 Å². The summed E-state index contributed by atoms with van der Waals surface area (Å²) in [7, 11) is 0. The lowest BCUT2D eigenvalue weighted by Gasteiger charge is -2.34. The molecule has 20 heavy (non-hydrogen) atoms. The lowest BCUT2D eigenvalue weighted by Crippen LogP contribution is -2.45. The Balaban J connectivity index is 1.98. The lowest BCUT2D eigenvalue weighted by molar-refractivity contribution is 0.0248. The monoisotopic (exact) mass is 275 g/mol. The Labute approximate surface area is 121 Å². The number of hydrogen-bond acceptors (Lipinski definition) is 2. The van der Waals surface area contributed by atoms with Crippen molar-refractivity contribution >= 4 is 5.91 Å². The van der Waals surface area contributed by atoms with E-state index in [1.165, 1.54) is 18.4 Å². The Morgan fingerprint density at radius 2 is 2.05 bits per heavy atom. The predicted octanol–water partition coefficient (Wildman–Crippen LogP) is 2.87. The van der Waals surface area contributed by atoms with Crippen molar-refractivity contribution in [1.82, 2.24) is 4.90 Å². The van der Waals surface area contributed by atoms with Crippen LogP contribution in [0.5, 0.6) is 0 Å². The third kappa shape index (κ3) is 3.60. The molecule has 2 rings (SSSR count). The number of unbranched alkanes of at least 4 members (excludes halogenated alkanes) is 1. The molecule has 1 saturated heterocycles. The number of aliphatic hydroxyl groups excluding tert-OH is 1. The van der Waals surface area contributed by atoms with Gasteiger partial charge in [-0.25, -0.2) is 0 Å². The van der Waals surface area contributed by atoms with Gasteiger partial charge in [-0.05, 0) is 42.9 Å². The SMILES string of the molecule is CCCCc1ccc(C(=O)N2CCC(C)C(O)C2)cc1. The summed E-state index contributed by atoms with van der Waals surface area (Å²) in [6, 6.07) is 7.92.